The summed E-state index contributed by atoms with van der Waals surface area (Å²) in [5.41, 5.74) is 2.72. The van der Waals surface area contributed by atoms with Gasteiger partial charge in [0.15, 0.2) is 0 Å². The van der Waals surface area contributed by atoms with Gasteiger partial charge >= 0.3 is 0 Å². The topological polar surface area (TPSA) is 90.8 Å². The van der Waals surface area contributed by atoms with Gasteiger partial charge < -0.3 is 10.4 Å². The molecule has 0 saturated carbocycles. The van der Waals surface area contributed by atoms with Gasteiger partial charge in [-0.15, -0.1) is 11.3 Å². The Hall–Kier alpha value is -2.42. The number of aromatic hydroxyl groups is 1. The van der Waals surface area contributed by atoms with E-state index in [0.29, 0.717) is 15.5 Å². The van der Waals surface area contributed by atoms with E-state index in [0.717, 1.165) is 14.6 Å². The van der Waals surface area contributed by atoms with Gasteiger partial charge in [0.25, 0.3) is 11.8 Å². The number of amides is 2. The maximum Gasteiger partial charge on any atom is 0.263 e. The SMILES string of the molecule is O=C(CNC(=O)c1sc2ccccc2c1Cl)NN=Cc1cc(Br)ccc1O. The van der Waals surface area contributed by atoms with Crippen LogP contribution in [0.1, 0.15) is 15.2 Å². The first-order valence-electron chi connectivity index (χ1n) is 7.71. The highest BCUT2D eigenvalue weighted by Crippen LogP contribution is 2.34. The Kier molecular flexibility index (Phi) is 6.10. The number of phenols is 1. The molecule has 1 heterocycles. The number of nitrogens with zero attached hydrogens (tertiary/aromatic N) is 1. The Morgan fingerprint density at radius 3 is 2.81 bits per heavy atom. The maximum absolute atomic E-state index is 12.3. The van der Waals surface area contributed by atoms with Gasteiger partial charge in [0.1, 0.15) is 10.6 Å². The number of thiophene rings is 1. The molecule has 0 atom stereocenters. The highest BCUT2D eigenvalue weighted by atomic mass is 79.9. The largest absolute Gasteiger partial charge is 0.507 e. The van der Waals surface area contributed by atoms with Crippen molar-refractivity contribution in [1.29, 1.82) is 0 Å². The van der Waals surface area contributed by atoms with Crippen LogP contribution in [0.15, 0.2) is 52.0 Å². The number of hydrogen-bond acceptors (Lipinski definition) is 5. The number of phenolic OH excluding ortho intramolecular Hbond substituents is 1. The van der Waals surface area contributed by atoms with Crippen molar-refractivity contribution in [2.24, 2.45) is 5.10 Å². The number of hydrazone groups is 1. The van der Waals surface area contributed by atoms with E-state index < -0.39 is 11.8 Å². The number of carbonyl (C=O) groups excluding carboxylic acids is 2. The van der Waals surface area contributed by atoms with Gasteiger partial charge in [-0.05, 0) is 24.3 Å². The van der Waals surface area contributed by atoms with Gasteiger partial charge in [0.05, 0.1) is 17.8 Å². The average Bonchev–Trinajstić information content (AvgIpc) is 3.00. The standard InChI is InChI=1S/C18H13BrClN3O3S/c19-11-5-6-13(24)10(7-11)8-22-23-15(25)9-21-18(26)17-16(20)12-3-1-2-4-14(12)27-17/h1-8,24H,9H2,(H,21,26)(H,23,25). The molecule has 0 spiro atoms. The van der Waals surface area contributed by atoms with Crippen molar-refractivity contribution in [2.45, 2.75) is 0 Å². The zero-order valence-corrected chi connectivity index (χ0v) is 16.9. The van der Waals surface area contributed by atoms with Crippen LogP contribution in [0.25, 0.3) is 10.1 Å². The third-order valence-electron chi connectivity index (χ3n) is 3.53. The summed E-state index contributed by atoms with van der Waals surface area (Å²) in [5, 5.41) is 17.2. The van der Waals surface area contributed by atoms with E-state index in [4.69, 9.17) is 11.6 Å². The van der Waals surface area contributed by atoms with Crippen LogP contribution < -0.4 is 10.7 Å². The molecule has 2 aromatic carbocycles. The third kappa shape index (κ3) is 4.65. The quantitative estimate of drug-likeness (QED) is 0.393. The first-order valence-corrected chi connectivity index (χ1v) is 9.70. The third-order valence-corrected chi connectivity index (χ3v) is 5.70. The molecule has 0 aliphatic heterocycles. The zero-order valence-electron chi connectivity index (χ0n) is 13.7. The van der Waals surface area contributed by atoms with Crippen LogP contribution in [0, 0.1) is 0 Å². The Morgan fingerprint density at radius 2 is 2.04 bits per heavy atom. The molecular weight excluding hydrogens is 454 g/mol. The van der Waals surface area contributed by atoms with E-state index in [1.165, 1.54) is 23.6 Å². The van der Waals surface area contributed by atoms with Gasteiger partial charge in [-0.3, -0.25) is 9.59 Å². The number of rotatable bonds is 5. The number of hydrogen-bond donors (Lipinski definition) is 3. The van der Waals surface area contributed by atoms with E-state index in [1.807, 2.05) is 24.3 Å². The molecule has 0 aliphatic carbocycles. The molecule has 138 valence electrons. The smallest absolute Gasteiger partial charge is 0.263 e. The molecule has 9 heteroatoms. The van der Waals surface area contributed by atoms with Gasteiger partial charge in [-0.1, -0.05) is 45.7 Å². The first kappa shape index (κ1) is 19.3. The lowest BCUT2D eigenvalue weighted by molar-refractivity contribution is -0.120. The molecule has 0 aliphatic rings. The van der Waals surface area contributed by atoms with Crippen LogP contribution >= 0.6 is 38.9 Å². The maximum atomic E-state index is 12.3. The molecule has 0 saturated heterocycles. The molecule has 3 N–H and O–H groups in total. The molecule has 3 rings (SSSR count). The van der Waals surface area contributed by atoms with Crippen LogP contribution in [-0.4, -0.2) is 29.7 Å². The molecule has 0 radical (unpaired) electrons. The summed E-state index contributed by atoms with van der Waals surface area (Å²) in [7, 11) is 0. The summed E-state index contributed by atoms with van der Waals surface area (Å²) in [6.45, 7) is -0.259. The van der Waals surface area contributed by atoms with E-state index >= 15 is 0 Å². The van der Waals surface area contributed by atoms with Gasteiger partial charge in [0, 0.05) is 20.1 Å². The molecule has 0 unspecified atom stereocenters. The molecule has 0 bridgehead atoms. The molecular formula is C18H13BrClN3O3S. The Balaban J connectivity index is 1.57. The molecule has 27 heavy (non-hydrogen) atoms. The molecule has 0 fully saturated rings. The van der Waals surface area contributed by atoms with Gasteiger partial charge in [-0.25, -0.2) is 5.43 Å². The Bertz CT molecular complexity index is 1050. The van der Waals surface area contributed by atoms with E-state index in [1.54, 1.807) is 12.1 Å². The number of nitrogens with one attached hydrogen (secondary N) is 2. The Morgan fingerprint density at radius 1 is 1.26 bits per heavy atom. The van der Waals surface area contributed by atoms with Crippen molar-refractivity contribution in [3.63, 3.8) is 0 Å². The minimum Gasteiger partial charge on any atom is -0.507 e. The number of fused-ring (bicyclic) bond motifs is 1. The highest BCUT2D eigenvalue weighted by molar-refractivity contribution is 9.10. The van der Waals surface area contributed by atoms with Gasteiger partial charge in [0.2, 0.25) is 0 Å². The fourth-order valence-electron chi connectivity index (χ4n) is 2.24. The molecule has 3 aromatic rings. The fraction of sp³-hybridized carbons (Fsp3) is 0.0556. The number of halogens is 2. The average molecular weight is 467 g/mol. The van der Waals surface area contributed by atoms with Crippen molar-refractivity contribution in [3.05, 3.63) is 62.4 Å². The van der Waals surface area contributed by atoms with Crippen molar-refractivity contribution < 1.29 is 14.7 Å². The summed E-state index contributed by atoms with van der Waals surface area (Å²) < 4.78 is 1.66. The van der Waals surface area contributed by atoms with Crippen LogP contribution in [0.2, 0.25) is 5.02 Å². The molecule has 6 nitrogen and oxygen atoms in total. The molecule has 1 aromatic heterocycles. The summed E-state index contributed by atoms with van der Waals surface area (Å²) in [5.74, 6) is -0.903. The van der Waals surface area contributed by atoms with Gasteiger partial charge in [-0.2, -0.15) is 5.10 Å². The van der Waals surface area contributed by atoms with E-state index in [9.17, 15) is 14.7 Å². The minimum atomic E-state index is -0.508. The number of benzene rings is 2. The van der Waals surface area contributed by atoms with Crippen molar-refractivity contribution in [3.8, 4) is 5.75 Å². The van der Waals surface area contributed by atoms with Crippen molar-refractivity contribution >= 4 is 67.0 Å². The summed E-state index contributed by atoms with van der Waals surface area (Å²) in [4.78, 5) is 24.5. The minimum absolute atomic E-state index is 0.0314. The lowest BCUT2D eigenvalue weighted by atomic mass is 10.2. The monoisotopic (exact) mass is 465 g/mol. The predicted octanol–water partition coefficient (Wildman–Crippen LogP) is 3.90. The summed E-state index contributed by atoms with van der Waals surface area (Å²) in [6.07, 6.45) is 1.31. The normalized spacial score (nSPS) is 11.0. The second-order valence-corrected chi connectivity index (χ2v) is 7.77. The van der Waals surface area contributed by atoms with Crippen LogP contribution in [0.3, 0.4) is 0 Å². The fourth-order valence-corrected chi connectivity index (χ4v) is 4.06. The second kappa shape index (κ2) is 8.51. The van der Waals surface area contributed by atoms with Crippen LogP contribution in [0.5, 0.6) is 5.75 Å². The summed E-state index contributed by atoms with van der Waals surface area (Å²) in [6, 6.07) is 12.3. The van der Waals surface area contributed by atoms with Crippen molar-refractivity contribution in [1.82, 2.24) is 10.7 Å². The highest BCUT2D eigenvalue weighted by Gasteiger charge is 2.17. The van der Waals surface area contributed by atoms with Crippen LogP contribution in [-0.2, 0) is 4.79 Å². The predicted molar refractivity (Wildman–Crippen MR) is 111 cm³/mol. The van der Waals surface area contributed by atoms with Crippen molar-refractivity contribution in [2.75, 3.05) is 6.54 Å². The second-order valence-electron chi connectivity index (χ2n) is 5.42. The van der Waals surface area contributed by atoms with E-state index in [2.05, 4.69) is 31.8 Å². The summed E-state index contributed by atoms with van der Waals surface area (Å²) >= 11 is 10.8. The molecule has 2 amide bonds. The lowest BCUT2D eigenvalue weighted by Crippen LogP contribution is -2.34. The van der Waals surface area contributed by atoms with E-state index in [-0.39, 0.29) is 12.3 Å². The van der Waals surface area contributed by atoms with Crippen LogP contribution in [0.4, 0.5) is 0 Å². The lowest BCUT2D eigenvalue weighted by Gasteiger charge is -2.03. The number of carbonyl (C=O) groups is 2. The Labute approximate surface area is 172 Å². The first-order chi connectivity index (χ1) is 13.0. The zero-order chi connectivity index (χ0) is 19.4.